The van der Waals surface area contributed by atoms with Crippen LogP contribution in [-0.4, -0.2) is 27.4 Å². The summed E-state index contributed by atoms with van der Waals surface area (Å²) in [7, 11) is 0. The van der Waals surface area contributed by atoms with Gasteiger partial charge in [0.1, 0.15) is 18.2 Å². The van der Waals surface area contributed by atoms with Crippen LogP contribution in [0.5, 0.6) is 0 Å². The molecule has 15 heteroatoms. The molecule has 0 saturated carbocycles. The summed E-state index contributed by atoms with van der Waals surface area (Å²) in [5.41, 5.74) is 34.4. The van der Waals surface area contributed by atoms with Crippen molar-refractivity contribution in [2.24, 2.45) is 0 Å². The molecule has 0 aliphatic carbocycles. The van der Waals surface area contributed by atoms with E-state index in [-0.39, 0.29) is 0 Å². The lowest BCUT2D eigenvalue weighted by molar-refractivity contribution is 1.17. The summed E-state index contributed by atoms with van der Waals surface area (Å²) in [6.07, 6.45) is 0. The van der Waals surface area contributed by atoms with E-state index < -0.39 is 0 Å². The van der Waals surface area contributed by atoms with E-state index in [4.69, 9.17) is 19.7 Å². The van der Waals surface area contributed by atoms with Crippen molar-refractivity contribution in [3.8, 4) is 137 Å². The molecule has 0 fully saturated rings. The van der Waals surface area contributed by atoms with Gasteiger partial charge in [0.2, 0.25) is 5.69 Å². The van der Waals surface area contributed by atoms with Crippen LogP contribution in [0.15, 0.2) is 455 Å². The Labute approximate surface area is 860 Å². The Morgan fingerprint density at radius 1 is 0.167 bits per heavy atom. The van der Waals surface area contributed by atoms with Crippen LogP contribution in [0.25, 0.3) is 246 Å². The molecule has 27 aromatic rings. The summed E-state index contributed by atoms with van der Waals surface area (Å²) >= 11 is 0. The van der Waals surface area contributed by atoms with Crippen LogP contribution < -0.4 is 0 Å². The highest BCUT2D eigenvalue weighted by atomic mass is 15.0. The first-order valence-electron chi connectivity index (χ1n) is 48.8. The third kappa shape index (κ3) is 14.7. The monoisotopic (exact) mass is 1910 g/mol. The van der Waals surface area contributed by atoms with Crippen LogP contribution in [0.1, 0.15) is 33.4 Å². The van der Waals surface area contributed by atoms with Crippen molar-refractivity contribution in [1.82, 2.24) is 27.4 Å². The van der Waals surface area contributed by atoms with Crippen LogP contribution in [0.4, 0.5) is 17.1 Å². The fourth-order valence-electron chi connectivity index (χ4n) is 22.4. The number of rotatable bonds is 12. The molecule has 0 aliphatic heterocycles. The standard InChI is InChI=1S/3C45H25N5/c1-48-39-17-10-16-37-35-14-5-9-20-43(35)50(45(37)39)40-24-22-30(26-31(40)28-47)32-11-2-3-12-33(32)34-13-4-7-18-41(34)49-42-19-8-6-15-36(42)38-25-29(27-46)21-23-44(38)49;1-48-32-20-23-45-39(26-32)37-14-6-8-16-42(37)49(45)40-22-19-30(25-31(40)28-47)33-10-2-3-11-34(33)35-12-4-7-15-41(35)50-43-17-9-5-13-36(43)38-24-29(27-46)18-21-44(38)50;1-48-32-20-21-38-36-13-5-8-16-42(36)49(45(38)26-32)40-23-19-30(25-31(40)28-47)33-10-2-3-11-34(33)35-12-4-7-15-41(35)50-43-17-9-6-14-37(43)39-24-29(27-46)18-22-44(39)50/h3*2-26H. The van der Waals surface area contributed by atoms with Crippen molar-refractivity contribution in [3.05, 3.63) is 523 Å². The molecule has 6 aromatic heterocycles. The van der Waals surface area contributed by atoms with E-state index in [1.54, 1.807) is 0 Å². The predicted molar refractivity (Wildman–Crippen MR) is 605 cm³/mol. The number of nitrogens with zero attached hydrogens (tertiary/aromatic N) is 15. The first kappa shape index (κ1) is 89.2. The summed E-state index contributed by atoms with van der Waals surface area (Å²) in [6, 6.07) is 167. The van der Waals surface area contributed by atoms with Gasteiger partial charge in [-0.05, 0) is 225 Å². The Morgan fingerprint density at radius 3 is 0.780 bits per heavy atom. The number of benzene rings is 21. The van der Waals surface area contributed by atoms with Crippen LogP contribution in [0.2, 0.25) is 0 Å². The van der Waals surface area contributed by atoms with E-state index in [1.807, 2.05) is 255 Å². The molecular formula is C135H75N15. The molecule has 0 unspecified atom stereocenters. The predicted octanol–water partition coefficient (Wildman–Crippen LogP) is 34.5. The third-order valence-electron chi connectivity index (χ3n) is 28.9. The van der Waals surface area contributed by atoms with Gasteiger partial charge >= 0.3 is 0 Å². The molecule has 0 radical (unpaired) electrons. The minimum Gasteiger partial charge on any atom is -0.318 e. The highest BCUT2D eigenvalue weighted by Gasteiger charge is 2.28. The maximum atomic E-state index is 10.6. The van der Waals surface area contributed by atoms with Gasteiger partial charge in [-0.15, -0.1) is 0 Å². The quantitative estimate of drug-likeness (QED) is 0.110. The number of aromatic nitrogens is 6. The van der Waals surface area contributed by atoms with Crippen molar-refractivity contribution in [2.45, 2.75) is 0 Å². The molecule has 0 spiro atoms. The van der Waals surface area contributed by atoms with Crippen LogP contribution in [-0.2, 0) is 0 Å². The largest absolute Gasteiger partial charge is 0.318 e. The van der Waals surface area contributed by atoms with Gasteiger partial charge in [-0.2, -0.15) is 31.6 Å². The zero-order chi connectivity index (χ0) is 101. The molecule has 0 bridgehead atoms. The number of hydrogen-bond donors (Lipinski definition) is 0. The molecule has 0 atom stereocenters. The lowest BCUT2D eigenvalue weighted by Gasteiger charge is -2.18. The first-order valence-corrected chi connectivity index (χ1v) is 48.8. The van der Waals surface area contributed by atoms with Crippen LogP contribution in [0, 0.1) is 87.7 Å². The fourth-order valence-corrected chi connectivity index (χ4v) is 22.4. The Balaban J connectivity index is 0.000000116. The smallest absolute Gasteiger partial charge is 0.211 e. The lowest BCUT2D eigenvalue weighted by atomic mass is 9.92. The summed E-state index contributed by atoms with van der Waals surface area (Å²) in [5, 5.41) is 73.3. The van der Waals surface area contributed by atoms with Gasteiger partial charge in [0.15, 0.2) is 11.4 Å². The van der Waals surface area contributed by atoms with Gasteiger partial charge in [0, 0.05) is 76.1 Å². The zero-order valence-electron chi connectivity index (χ0n) is 80.0. The third-order valence-corrected chi connectivity index (χ3v) is 28.9. The van der Waals surface area contributed by atoms with Crippen molar-refractivity contribution >= 4 is 148 Å². The topological polar surface area (TPSA) is 185 Å². The molecule has 27 rings (SSSR count). The second-order valence-corrected chi connectivity index (χ2v) is 36.8. The molecule has 690 valence electrons. The van der Waals surface area contributed by atoms with Gasteiger partial charge in [0.25, 0.3) is 0 Å². The Kier molecular flexibility index (Phi) is 22.0. The molecule has 0 aliphatic rings. The maximum absolute atomic E-state index is 10.6. The Morgan fingerprint density at radius 2 is 0.427 bits per heavy atom. The molecular weight excluding hydrogens is 1830 g/mol. The highest BCUT2D eigenvalue weighted by molar-refractivity contribution is 6.18. The Hall–Kier alpha value is -22.2. The van der Waals surface area contributed by atoms with E-state index >= 15 is 0 Å². The maximum Gasteiger partial charge on any atom is 0.211 e. The van der Waals surface area contributed by atoms with Gasteiger partial charge < -0.3 is 27.4 Å². The van der Waals surface area contributed by atoms with Crippen LogP contribution in [0.3, 0.4) is 0 Å². The van der Waals surface area contributed by atoms with Crippen molar-refractivity contribution in [2.75, 3.05) is 0 Å². The van der Waals surface area contributed by atoms with E-state index in [9.17, 15) is 31.6 Å². The lowest BCUT2D eigenvalue weighted by Crippen LogP contribution is -1.99. The second-order valence-electron chi connectivity index (χ2n) is 36.8. The zero-order valence-corrected chi connectivity index (χ0v) is 80.0. The highest BCUT2D eigenvalue weighted by Crippen LogP contribution is 2.49. The fraction of sp³-hybridized carbons (Fsp3) is 0. The molecule has 0 amide bonds. The summed E-state index contributed by atoms with van der Waals surface area (Å²) in [4.78, 5) is 11.2. The average molecular weight is 1910 g/mol. The van der Waals surface area contributed by atoms with Crippen molar-refractivity contribution in [1.29, 1.82) is 31.6 Å². The molecule has 0 N–H and O–H groups in total. The van der Waals surface area contributed by atoms with E-state index in [2.05, 4.69) is 279 Å². The van der Waals surface area contributed by atoms with E-state index in [0.29, 0.717) is 50.4 Å². The molecule has 21 aromatic carbocycles. The number of para-hydroxylation sites is 10. The summed E-state index contributed by atoms with van der Waals surface area (Å²) in [5.74, 6) is 0. The molecule has 150 heavy (non-hydrogen) atoms. The number of fused-ring (bicyclic) bond motifs is 18. The molecule has 15 nitrogen and oxygen atoms in total. The SMILES string of the molecule is [C-]#[N+]c1ccc2c(c1)c1ccccc1n2-c1ccc(-c2ccccc2-c2ccccc2-n2c3ccccc3c3cc(C#N)ccc32)cc1C#N.[C-]#[N+]c1ccc2c3ccccc3n(-c3ccc(-c4ccccc4-c4ccccc4-n4c5ccccc5c5cc(C#N)ccc54)cc3C#N)c2c1.[C-]#[N+]c1cccc2c3ccccc3n(-c3ccc(-c4ccccc4-c4ccccc4-n4c5ccccc5c5cc(C#N)ccc54)cc3C#N)c12. The second kappa shape index (κ2) is 37.0. The number of hydrogen-bond acceptors (Lipinski definition) is 6. The molecule has 6 heterocycles. The van der Waals surface area contributed by atoms with Gasteiger partial charge in [-0.25, -0.2) is 14.5 Å². The summed E-state index contributed by atoms with van der Waals surface area (Å²) in [6.45, 7) is 23.1. The van der Waals surface area contributed by atoms with Gasteiger partial charge in [-0.1, -0.05) is 291 Å². The Bertz CT molecular complexity index is 10800. The normalized spacial score (nSPS) is 11.1. The minimum atomic E-state index is 0.517. The van der Waals surface area contributed by atoms with Crippen molar-refractivity contribution < 1.29 is 0 Å². The van der Waals surface area contributed by atoms with Gasteiger partial charge in [-0.3, -0.25) is 0 Å². The summed E-state index contributed by atoms with van der Waals surface area (Å²) < 4.78 is 13.1. The van der Waals surface area contributed by atoms with E-state index in [1.165, 1.54) is 0 Å². The minimum absolute atomic E-state index is 0.517. The number of nitriles is 6. The van der Waals surface area contributed by atoms with Gasteiger partial charge in [0.05, 0.1) is 166 Å². The molecule has 0 saturated heterocycles. The van der Waals surface area contributed by atoms with Crippen LogP contribution >= 0.6 is 0 Å². The first-order chi connectivity index (χ1) is 74.0. The average Bonchev–Trinajstić information content (AvgIpc) is 1.59. The van der Waals surface area contributed by atoms with E-state index in [0.717, 1.165) is 232 Å². The van der Waals surface area contributed by atoms with Crippen molar-refractivity contribution in [3.63, 3.8) is 0 Å².